The monoisotopic (exact) mass is 393 g/mol. The van der Waals surface area contributed by atoms with Crippen molar-refractivity contribution in [1.82, 2.24) is 4.98 Å². The maximum atomic E-state index is 11.5. The molecule has 2 fully saturated rings. The third-order valence-electron chi connectivity index (χ3n) is 8.51. The highest BCUT2D eigenvalue weighted by molar-refractivity contribution is 5.72. The Morgan fingerprint density at radius 3 is 2.83 bits per heavy atom. The Morgan fingerprint density at radius 2 is 2.07 bits per heavy atom. The van der Waals surface area contributed by atoms with Crippen LogP contribution in [0.2, 0.25) is 0 Å². The molecule has 29 heavy (non-hydrogen) atoms. The second-order valence-corrected chi connectivity index (χ2v) is 9.91. The number of rotatable bonds is 2. The topological polar surface area (TPSA) is 39.2 Å². The summed E-state index contributed by atoms with van der Waals surface area (Å²) in [5.74, 6) is 1.05. The van der Waals surface area contributed by atoms with Crippen molar-refractivity contribution in [2.45, 2.75) is 71.8 Å². The molecule has 0 aliphatic heterocycles. The Kier molecular flexibility index (Phi) is 3.96. The number of carbonyl (C=O) groups excluding carboxylic acids is 1. The molecule has 0 aromatic carbocycles. The summed E-state index contributed by atoms with van der Waals surface area (Å²) >= 11 is 0. The highest BCUT2D eigenvalue weighted by Gasteiger charge is 2.56. The summed E-state index contributed by atoms with van der Waals surface area (Å²) in [5, 5.41) is 0. The number of carbonyl (C=O) groups is 1. The first-order chi connectivity index (χ1) is 14.7. The number of ether oxygens (including phenoxy) is 1. The molecule has 1 aromatic rings. The first kappa shape index (κ1) is 16.8. The third-order valence-corrected chi connectivity index (χ3v) is 8.51. The molecule has 1 aromatic heterocycles. The molecular weight excluding hydrogens is 358 g/mol. The van der Waals surface area contributed by atoms with Crippen LogP contribution in [0.15, 0.2) is 42.3 Å². The van der Waals surface area contributed by atoms with Crippen LogP contribution in [-0.4, -0.2) is 17.1 Å². The van der Waals surface area contributed by atoms with Gasteiger partial charge in [-0.1, -0.05) is 37.6 Å². The number of allylic oxidation sites excluding steroid dienone is 3. The van der Waals surface area contributed by atoms with Crippen LogP contribution in [0, 0.1) is 28.6 Å². The number of aromatic nitrogens is 1. The summed E-state index contributed by atoms with van der Waals surface area (Å²) in [7, 11) is 0. The third kappa shape index (κ3) is 2.92. The molecule has 3 nitrogen and oxygen atoms in total. The van der Waals surface area contributed by atoms with Crippen LogP contribution in [0.5, 0.6) is 0 Å². The zero-order chi connectivity index (χ0) is 22.0. The minimum atomic E-state index is -1.38. The molecule has 154 valence electrons. The molecule has 3 heteroatoms. The zero-order valence-corrected chi connectivity index (χ0v) is 17.8. The van der Waals surface area contributed by atoms with Gasteiger partial charge >= 0.3 is 5.97 Å². The molecule has 0 amide bonds. The van der Waals surface area contributed by atoms with Crippen LogP contribution < -0.4 is 0 Å². The van der Waals surface area contributed by atoms with Crippen molar-refractivity contribution < 1.29 is 12.3 Å². The summed E-state index contributed by atoms with van der Waals surface area (Å²) in [5.41, 5.74) is 3.50. The highest BCUT2D eigenvalue weighted by Crippen LogP contribution is 2.66. The molecule has 0 N–H and O–H groups in total. The minimum Gasteiger partial charge on any atom is -0.462 e. The van der Waals surface area contributed by atoms with Gasteiger partial charge in [-0.2, -0.15) is 0 Å². The van der Waals surface area contributed by atoms with Gasteiger partial charge in [-0.25, -0.2) is 0 Å². The normalized spacial score (nSPS) is 43.6. The van der Waals surface area contributed by atoms with E-state index in [0.717, 1.165) is 25.7 Å². The van der Waals surface area contributed by atoms with E-state index in [0.29, 0.717) is 30.6 Å². The van der Waals surface area contributed by atoms with Crippen molar-refractivity contribution in [3.05, 3.63) is 47.8 Å². The lowest BCUT2D eigenvalue weighted by molar-refractivity contribution is -0.148. The molecule has 0 radical (unpaired) electrons. The van der Waals surface area contributed by atoms with E-state index in [4.69, 9.17) is 7.48 Å². The molecule has 5 rings (SSSR count). The Bertz CT molecular complexity index is 955. The molecule has 4 aliphatic rings. The number of nitrogens with zero attached hydrogens (tertiary/aromatic N) is 1. The molecular formula is C26H33NO2. The van der Waals surface area contributed by atoms with Gasteiger partial charge in [-0.15, -0.1) is 0 Å². The molecule has 0 spiro atoms. The molecule has 0 bridgehead atoms. The summed E-state index contributed by atoms with van der Waals surface area (Å²) in [4.78, 5) is 15.9. The van der Waals surface area contributed by atoms with E-state index in [1.807, 2.05) is 18.5 Å². The van der Waals surface area contributed by atoms with Crippen LogP contribution in [0.4, 0.5) is 0 Å². The van der Waals surface area contributed by atoms with Gasteiger partial charge in [0.2, 0.25) is 0 Å². The Balaban J connectivity index is 1.47. The maximum absolute atomic E-state index is 11.5. The van der Waals surface area contributed by atoms with Crippen molar-refractivity contribution in [3.8, 4) is 0 Å². The SMILES string of the molecule is [2H]C1([2H])C[C@H](OC(C)=O)CC2=CCC3C(CC[C@]4(C)C(c5cccnc5)=CCC34)[C@]21C. The summed E-state index contributed by atoms with van der Waals surface area (Å²) < 4.78 is 23.6. The Labute approximate surface area is 177 Å². The van der Waals surface area contributed by atoms with Crippen LogP contribution in [0.25, 0.3) is 5.57 Å². The fraction of sp³-hybridized carbons (Fsp3) is 0.615. The van der Waals surface area contributed by atoms with Gasteiger partial charge in [-0.3, -0.25) is 9.78 Å². The molecule has 3 unspecified atom stereocenters. The largest absolute Gasteiger partial charge is 0.462 e. The summed E-state index contributed by atoms with van der Waals surface area (Å²) in [6.45, 7) is 6.00. The molecule has 4 aliphatic carbocycles. The van der Waals surface area contributed by atoms with Gasteiger partial charge in [0, 0.05) is 28.5 Å². The van der Waals surface area contributed by atoms with Gasteiger partial charge < -0.3 is 4.74 Å². The number of hydrogen-bond acceptors (Lipinski definition) is 3. The lowest BCUT2D eigenvalue weighted by Crippen LogP contribution is -2.50. The van der Waals surface area contributed by atoms with Crippen molar-refractivity contribution in [2.24, 2.45) is 28.6 Å². The van der Waals surface area contributed by atoms with E-state index < -0.39 is 11.8 Å². The predicted molar refractivity (Wildman–Crippen MR) is 115 cm³/mol. The fourth-order valence-electron chi connectivity index (χ4n) is 7.10. The van der Waals surface area contributed by atoms with E-state index >= 15 is 0 Å². The lowest BCUT2D eigenvalue weighted by Gasteiger charge is -2.57. The number of fused-ring (bicyclic) bond motifs is 5. The van der Waals surface area contributed by atoms with E-state index in [9.17, 15) is 4.79 Å². The minimum absolute atomic E-state index is 0.133. The van der Waals surface area contributed by atoms with E-state index in [1.165, 1.54) is 23.6 Å². The molecule has 2 saturated carbocycles. The predicted octanol–water partition coefficient (Wildman–Crippen LogP) is 5.97. The first-order valence-electron chi connectivity index (χ1n) is 12.1. The quantitative estimate of drug-likeness (QED) is 0.459. The van der Waals surface area contributed by atoms with Gasteiger partial charge in [0.05, 0.1) is 0 Å². The second-order valence-electron chi connectivity index (χ2n) is 9.91. The highest BCUT2D eigenvalue weighted by atomic mass is 16.5. The number of hydrogen-bond donors (Lipinski definition) is 0. The number of pyridine rings is 1. The molecule has 6 atom stereocenters. The Morgan fingerprint density at radius 1 is 1.21 bits per heavy atom. The first-order valence-corrected chi connectivity index (χ1v) is 11.1. The molecule has 1 heterocycles. The summed E-state index contributed by atoms with van der Waals surface area (Å²) in [6, 6.07) is 4.19. The van der Waals surface area contributed by atoms with Crippen LogP contribution in [-0.2, 0) is 9.53 Å². The van der Waals surface area contributed by atoms with E-state index in [-0.39, 0.29) is 17.5 Å². The smallest absolute Gasteiger partial charge is 0.302 e. The standard InChI is InChI=1S/C26H33NO2/c1-17(28)29-20-10-12-25(2)19(15-20)6-7-21-23-9-8-22(18-5-4-14-27-16-18)26(23,3)13-11-24(21)25/h4-6,8,14,16,20-21,23-24H,7,9-13,15H2,1-3H3/t20-,21?,23?,24?,25-,26+/m0/s1/i12D2. The average Bonchev–Trinajstić information content (AvgIpc) is 3.06. The van der Waals surface area contributed by atoms with Crippen molar-refractivity contribution in [2.75, 3.05) is 0 Å². The Hall–Kier alpha value is -1.90. The maximum Gasteiger partial charge on any atom is 0.302 e. The van der Waals surface area contributed by atoms with Gasteiger partial charge in [0.15, 0.2) is 0 Å². The van der Waals surface area contributed by atoms with Crippen molar-refractivity contribution >= 4 is 11.5 Å². The summed E-state index contributed by atoms with van der Waals surface area (Å²) in [6.07, 6.45) is 12.0. The van der Waals surface area contributed by atoms with E-state index in [1.54, 1.807) is 0 Å². The van der Waals surface area contributed by atoms with Crippen LogP contribution >= 0.6 is 0 Å². The van der Waals surface area contributed by atoms with Gasteiger partial charge in [-0.05, 0) is 84.3 Å². The molecule has 0 saturated heterocycles. The van der Waals surface area contributed by atoms with Crippen molar-refractivity contribution in [3.63, 3.8) is 0 Å². The zero-order valence-electron chi connectivity index (χ0n) is 19.8. The van der Waals surface area contributed by atoms with Gasteiger partial charge in [0.1, 0.15) is 6.10 Å². The number of esters is 1. The van der Waals surface area contributed by atoms with E-state index in [2.05, 4.69) is 37.0 Å². The lowest BCUT2D eigenvalue weighted by atomic mass is 9.47. The van der Waals surface area contributed by atoms with Crippen molar-refractivity contribution in [1.29, 1.82) is 0 Å². The van der Waals surface area contributed by atoms with Crippen LogP contribution in [0.1, 0.15) is 74.0 Å². The van der Waals surface area contributed by atoms with Gasteiger partial charge in [0.25, 0.3) is 0 Å². The fourth-order valence-corrected chi connectivity index (χ4v) is 7.10. The second kappa shape index (κ2) is 6.82. The van der Waals surface area contributed by atoms with Crippen LogP contribution in [0.3, 0.4) is 0 Å². The average molecular weight is 394 g/mol.